The van der Waals surface area contributed by atoms with Crippen molar-refractivity contribution >= 4 is 60.2 Å². The first kappa shape index (κ1) is 32.3. The largest absolute Gasteiger partial charge is 0.309 e. The van der Waals surface area contributed by atoms with Crippen LogP contribution in [0, 0.1) is 0 Å². The lowest BCUT2D eigenvalue weighted by Gasteiger charge is -2.13. The summed E-state index contributed by atoms with van der Waals surface area (Å²) in [6, 6.07) is 68.1. The van der Waals surface area contributed by atoms with E-state index < -0.39 is 0 Å². The van der Waals surface area contributed by atoms with Crippen LogP contribution >= 0.6 is 0 Å². The first-order chi connectivity index (χ1) is 28.7. The topological polar surface area (TPSA) is 60.9 Å². The van der Waals surface area contributed by atoms with E-state index in [1.54, 1.807) is 0 Å². The zero-order valence-corrected chi connectivity index (χ0v) is 31.2. The maximum absolute atomic E-state index is 5.15. The Bertz CT molecular complexity index is 3490. The van der Waals surface area contributed by atoms with Gasteiger partial charge in [0.05, 0.1) is 27.6 Å². The van der Waals surface area contributed by atoms with Crippen LogP contribution in [-0.4, -0.2) is 28.9 Å². The van der Waals surface area contributed by atoms with Crippen molar-refractivity contribution in [3.63, 3.8) is 0 Å². The Kier molecular flexibility index (Phi) is 7.13. The Labute approximate surface area is 333 Å². The van der Waals surface area contributed by atoms with Gasteiger partial charge in [-0.2, -0.15) is 0 Å². The Morgan fingerprint density at radius 3 is 1.53 bits per heavy atom. The second kappa shape index (κ2) is 12.8. The summed E-state index contributed by atoms with van der Waals surface area (Å²) in [7, 11) is 0. The molecule has 12 rings (SSSR count). The van der Waals surface area contributed by atoms with Gasteiger partial charge in [-0.25, -0.2) is 19.9 Å². The molecule has 0 aliphatic carbocycles. The molecule has 0 aliphatic heterocycles. The summed E-state index contributed by atoms with van der Waals surface area (Å²) in [6.07, 6.45) is 0. The van der Waals surface area contributed by atoms with Crippen molar-refractivity contribution in [1.82, 2.24) is 28.9 Å². The third-order valence-corrected chi connectivity index (χ3v) is 11.3. The summed E-state index contributed by atoms with van der Waals surface area (Å²) in [5.74, 6) is 1.93. The van der Waals surface area contributed by atoms with E-state index in [4.69, 9.17) is 19.9 Å². The van der Waals surface area contributed by atoms with Crippen LogP contribution in [0.25, 0.3) is 111 Å². The molecule has 0 saturated carbocycles. The average Bonchev–Trinajstić information content (AvgIpc) is 3.85. The molecular formula is C52H32N6. The van der Waals surface area contributed by atoms with Crippen LogP contribution in [0.1, 0.15) is 0 Å². The minimum absolute atomic E-state index is 0.637. The molecule has 8 aromatic carbocycles. The molecule has 0 aliphatic rings. The van der Waals surface area contributed by atoms with Crippen LogP contribution in [0.2, 0.25) is 0 Å². The number of para-hydroxylation sites is 3. The SMILES string of the molecule is c1ccc(-c2nc(-c3ccccc3)nc(-c3ccc(-c4cccc(-n5c6ccccc6c6cc7c8ccccc8c8nc9ccccc9n8c7cc65)c4)cc3)n2)cc1. The van der Waals surface area contributed by atoms with Gasteiger partial charge in [0.25, 0.3) is 0 Å². The van der Waals surface area contributed by atoms with Crippen LogP contribution in [0.4, 0.5) is 0 Å². The van der Waals surface area contributed by atoms with Crippen molar-refractivity contribution in [3.05, 3.63) is 194 Å². The molecule has 0 atom stereocenters. The molecule has 4 heterocycles. The maximum atomic E-state index is 5.15. The van der Waals surface area contributed by atoms with Gasteiger partial charge >= 0.3 is 0 Å². The lowest BCUT2D eigenvalue weighted by atomic mass is 10.0. The van der Waals surface area contributed by atoms with Crippen molar-refractivity contribution in [2.75, 3.05) is 0 Å². The number of benzene rings is 8. The number of hydrogen-bond donors (Lipinski definition) is 0. The van der Waals surface area contributed by atoms with E-state index >= 15 is 0 Å². The predicted octanol–water partition coefficient (Wildman–Crippen LogP) is 12.7. The highest BCUT2D eigenvalue weighted by atomic mass is 15.0. The first-order valence-corrected chi connectivity index (χ1v) is 19.5. The number of pyridine rings is 1. The first-order valence-electron chi connectivity index (χ1n) is 19.5. The number of nitrogens with zero attached hydrogens (tertiary/aromatic N) is 6. The average molecular weight is 741 g/mol. The van der Waals surface area contributed by atoms with Crippen LogP contribution in [0.15, 0.2) is 194 Å². The number of aromatic nitrogens is 6. The van der Waals surface area contributed by atoms with Crippen molar-refractivity contribution in [3.8, 4) is 51.0 Å². The van der Waals surface area contributed by atoms with Crippen LogP contribution < -0.4 is 0 Å². The lowest BCUT2D eigenvalue weighted by Crippen LogP contribution is -2.00. The lowest BCUT2D eigenvalue weighted by molar-refractivity contribution is 1.07. The van der Waals surface area contributed by atoms with Gasteiger partial charge in [-0.3, -0.25) is 4.40 Å². The third-order valence-electron chi connectivity index (χ3n) is 11.3. The molecule has 0 radical (unpaired) electrons. The molecule has 6 heteroatoms. The second-order valence-electron chi connectivity index (χ2n) is 14.7. The highest BCUT2D eigenvalue weighted by molar-refractivity contribution is 6.20. The highest BCUT2D eigenvalue weighted by Gasteiger charge is 2.19. The fourth-order valence-electron chi connectivity index (χ4n) is 8.62. The predicted molar refractivity (Wildman–Crippen MR) is 237 cm³/mol. The van der Waals surface area contributed by atoms with E-state index in [0.29, 0.717) is 17.5 Å². The van der Waals surface area contributed by atoms with Gasteiger partial charge in [-0.15, -0.1) is 0 Å². The molecule has 0 N–H and O–H groups in total. The molecule has 0 amide bonds. The van der Waals surface area contributed by atoms with E-state index in [2.05, 4.69) is 142 Å². The summed E-state index contributed by atoms with van der Waals surface area (Å²) in [4.78, 5) is 19.9. The quantitative estimate of drug-likeness (QED) is 0.165. The van der Waals surface area contributed by atoms with Crippen molar-refractivity contribution in [1.29, 1.82) is 0 Å². The normalized spacial score (nSPS) is 11.8. The van der Waals surface area contributed by atoms with E-state index in [1.165, 1.54) is 21.5 Å². The van der Waals surface area contributed by atoms with Crippen molar-refractivity contribution in [2.45, 2.75) is 0 Å². The van der Waals surface area contributed by atoms with Gasteiger partial charge in [0.1, 0.15) is 5.65 Å². The molecule has 0 spiro atoms. The standard InChI is InChI=1S/C52H32N6/c1-3-14-34(15-4-1)49-54-50(35-16-5-2-6-17-35)56-51(55-49)36-28-26-33(27-29-36)37-18-13-19-38(30-37)57-45-24-11-9-21-40(45)43-31-42-39-20-7-8-22-41(39)52-53-44-23-10-12-25-46(44)58(52)48(42)32-47(43)57/h1-32H. The summed E-state index contributed by atoms with van der Waals surface area (Å²) in [6.45, 7) is 0. The van der Waals surface area contributed by atoms with Gasteiger partial charge in [0.15, 0.2) is 17.5 Å². The summed E-state index contributed by atoms with van der Waals surface area (Å²) >= 11 is 0. The Balaban J connectivity index is 1.01. The van der Waals surface area contributed by atoms with Gasteiger partial charge in [-0.1, -0.05) is 152 Å². The van der Waals surface area contributed by atoms with Crippen LogP contribution in [0.3, 0.4) is 0 Å². The molecular weight excluding hydrogens is 709 g/mol. The highest BCUT2D eigenvalue weighted by Crippen LogP contribution is 2.40. The summed E-state index contributed by atoms with van der Waals surface area (Å²) in [5.41, 5.74) is 12.7. The molecule has 0 bridgehead atoms. The monoisotopic (exact) mass is 740 g/mol. The number of imidazole rings is 1. The Hall–Kier alpha value is -7.96. The fraction of sp³-hybridized carbons (Fsp3) is 0. The molecule has 0 saturated heterocycles. The molecule has 12 aromatic rings. The number of hydrogen-bond acceptors (Lipinski definition) is 4. The molecule has 270 valence electrons. The van der Waals surface area contributed by atoms with Gasteiger partial charge < -0.3 is 4.57 Å². The van der Waals surface area contributed by atoms with E-state index in [0.717, 1.165) is 72.1 Å². The fourth-order valence-corrected chi connectivity index (χ4v) is 8.62. The molecule has 0 unspecified atom stereocenters. The maximum Gasteiger partial charge on any atom is 0.164 e. The third kappa shape index (κ3) is 5.05. The molecule has 58 heavy (non-hydrogen) atoms. The van der Waals surface area contributed by atoms with Gasteiger partial charge in [0, 0.05) is 43.9 Å². The zero-order valence-electron chi connectivity index (χ0n) is 31.2. The zero-order chi connectivity index (χ0) is 38.2. The smallest absolute Gasteiger partial charge is 0.164 e. The van der Waals surface area contributed by atoms with Crippen molar-refractivity contribution in [2.24, 2.45) is 0 Å². The minimum Gasteiger partial charge on any atom is -0.309 e. The van der Waals surface area contributed by atoms with Gasteiger partial charge in [0.2, 0.25) is 0 Å². The minimum atomic E-state index is 0.637. The molecule has 4 aromatic heterocycles. The van der Waals surface area contributed by atoms with E-state index in [1.807, 2.05) is 60.7 Å². The summed E-state index contributed by atoms with van der Waals surface area (Å²) < 4.78 is 4.74. The van der Waals surface area contributed by atoms with E-state index in [-0.39, 0.29) is 0 Å². The summed E-state index contributed by atoms with van der Waals surface area (Å²) in [5, 5.41) is 6.00. The van der Waals surface area contributed by atoms with E-state index in [9.17, 15) is 0 Å². The molecule has 6 nitrogen and oxygen atoms in total. The number of rotatable bonds is 5. The van der Waals surface area contributed by atoms with Crippen LogP contribution in [0.5, 0.6) is 0 Å². The Morgan fingerprint density at radius 2 is 0.828 bits per heavy atom. The van der Waals surface area contributed by atoms with Crippen LogP contribution in [-0.2, 0) is 0 Å². The number of fused-ring (bicyclic) bond motifs is 11. The molecule has 0 fully saturated rings. The Morgan fingerprint density at radius 1 is 0.293 bits per heavy atom. The second-order valence-corrected chi connectivity index (χ2v) is 14.7. The van der Waals surface area contributed by atoms with Crippen molar-refractivity contribution < 1.29 is 0 Å². The van der Waals surface area contributed by atoms with Gasteiger partial charge in [-0.05, 0) is 59.0 Å².